The Morgan fingerprint density at radius 2 is 1.60 bits per heavy atom. The van der Waals surface area contributed by atoms with Crippen molar-refractivity contribution in [3.63, 3.8) is 0 Å². The van der Waals surface area contributed by atoms with Gasteiger partial charge in [-0.1, -0.05) is 60.7 Å². The molecule has 0 saturated carbocycles. The van der Waals surface area contributed by atoms with Crippen LogP contribution in [0.5, 0.6) is 0 Å². The average molecular weight is 571 g/mol. The van der Waals surface area contributed by atoms with Crippen molar-refractivity contribution in [3.05, 3.63) is 108 Å². The van der Waals surface area contributed by atoms with Crippen LogP contribution in [-0.2, 0) is 24.8 Å². The number of anilines is 2. The maximum atomic E-state index is 13.2. The van der Waals surface area contributed by atoms with Gasteiger partial charge >= 0.3 is 0 Å². The zero-order chi connectivity index (χ0) is 29.2. The lowest BCUT2D eigenvalue weighted by Crippen LogP contribution is -2.44. The number of imidazole rings is 1. The van der Waals surface area contributed by atoms with Crippen molar-refractivity contribution in [1.82, 2.24) is 34.5 Å². The monoisotopic (exact) mass is 570 g/mol. The van der Waals surface area contributed by atoms with Crippen LogP contribution >= 0.6 is 0 Å². The Morgan fingerprint density at radius 1 is 0.860 bits per heavy atom. The van der Waals surface area contributed by atoms with Gasteiger partial charge in [-0.2, -0.15) is 0 Å². The van der Waals surface area contributed by atoms with Gasteiger partial charge in [-0.3, -0.25) is 14.3 Å². The number of nitrogens with one attached hydrogen (secondary N) is 2. The van der Waals surface area contributed by atoms with E-state index in [1.165, 1.54) is 5.56 Å². The van der Waals surface area contributed by atoms with Crippen molar-refractivity contribution in [2.75, 3.05) is 18.4 Å². The van der Waals surface area contributed by atoms with E-state index in [1.807, 2.05) is 77.0 Å². The molecule has 43 heavy (non-hydrogen) atoms. The summed E-state index contributed by atoms with van der Waals surface area (Å²) < 4.78 is 4.00. The summed E-state index contributed by atoms with van der Waals surface area (Å²) in [5.41, 5.74) is 5.25. The van der Waals surface area contributed by atoms with Crippen LogP contribution in [0, 0.1) is 0 Å². The number of nitrogens with zero attached hydrogens (tertiary/aromatic N) is 6. The SMILES string of the molecule is Cn1c(Nc2ccc(-n3cc(CC(=O)NC4CCN(Cc5ccccc5)CC4)c4ccccc43)nn2)nc2ccccc21. The number of likely N-dealkylation sites (tertiary alicyclic amines) is 1. The second-order valence-electron chi connectivity index (χ2n) is 11.2. The molecule has 0 unspecified atom stereocenters. The first kappa shape index (κ1) is 26.9. The van der Waals surface area contributed by atoms with Gasteiger partial charge in [-0.05, 0) is 54.3 Å². The third-order valence-electron chi connectivity index (χ3n) is 8.27. The van der Waals surface area contributed by atoms with Gasteiger partial charge in [-0.25, -0.2) is 4.98 Å². The molecule has 7 rings (SSSR count). The highest BCUT2D eigenvalue weighted by atomic mass is 16.1. The van der Waals surface area contributed by atoms with Crippen LogP contribution in [0.2, 0.25) is 0 Å². The van der Waals surface area contributed by atoms with Crippen molar-refractivity contribution in [3.8, 4) is 5.82 Å². The van der Waals surface area contributed by atoms with E-state index in [2.05, 4.69) is 67.1 Å². The topological polar surface area (TPSA) is 92.9 Å². The minimum Gasteiger partial charge on any atom is -0.353 e. The number of benzene rings is 3. The largest absolute Gasteiger partial charge is 0.353 e. The van der Waals surface area contributed by atoms with Crippen LogP contribution in [0.1, 0.15) is 24.0 Å². The molecule has 9 nitrogen and oxygen atoms in total. The molecule has 3 aromatic heterocycles. The Bertz CT molecular complexity index is 1870. The lowest BCUT2D eigenvalue weighted by atomic mass is 10.0. The summed E-state index contributed by atoms with van der Waals surface area (Å²) in [6.07, 6.45) is 4.25. The maximum absolute atomic E-state index is 13.2. The number of hydrogen-bond acceptors (Lipinski definition) is 6. The highest BCUT2D eigenvalue weighted by Crippen LogP contribution is 2.26. The van der Waals surface area contributed by atoms with Crippen LogP contribution in [0.4, 0.5) is 11.8 Å². The number of piperidine rings is 1. The molecular formula is C34H34N8O. The van der Waals surface area contributed by atoms with Crippen LogP contribution < -0.4 is 10.6 Å². The summed E-state index contributed by atoms with van der Waals surface area (Å²) in [6.45, 7) is 2.93. The van der Waals surface area contributed by atoms with Gasteiger partial charge in [0.05, 0.1) is 23.0 Å². The van der Waals surface area contributed by atoms with Gasteiger partial charge in [0.2, 0.25) is 11.9 Å². The molecule has 216 valence electrons. The number of carbonyl (C=O) groups is 1. The zero-order valence-corrected chi connectivity index (χ0v) is 24.1. The van der Waals surface area contributed by atoms with Crippen molar-refractivity contribution < 1.29 is 4.79 Å². The lowest BCUT2D eigenvalue weighted by Gasteiger charge is -2.32. The Kier molecular flexibility index (Phi) is 7.30. The molecule has 0 atom stereocenters. The molecule has 0 radical (unpaired) electrons. The van der Waals surface area contributed by atoms with E-state index in [0.717, 1.165) is 60.0 Å². The normalized spacial score (nSPS) is 14.3. The van der Waals surface area contributed by atoms with Crippen molar-refractivity contribution in [1.29, 1.82) is 0 Å². The van der Waals surface area contributed by atoms with Crippen molar-refractivity contribution in [2.45, 2.75) is 31.8 Å². The Hall–Kier alpha value is -5.02. The summed E-state index contributed by atoms with van der Waals surface area (Å²) in [6, 6.07) is 30.7. The molecule has 6 aromatic rings. The second-order valence-corrected chi connectivity index (χ2v) is 11.2. The van der Waals surface area contributed by atoms with Gasteiger partial charge in [0.1, 0.15) is 0 Å². The van der Waals surface area contributed by atoms with Crippen molar-refractivity contribution >= 4 is 39.6 Å². The number of carbonyl (C=O) groups excluding carboxylic acids is 1. The number of aryl methyl sites for hydroxylation is 1. The number of para-hydroxylation sites is 3. The average Bonchev–Trinajstić information content (AvgIpc) is 3.56. The molecule has 1 saturated heterocycles. The van der Waals surface area contributed by atoms with Crippen LogP contribution in [0.3, 0.4) is 0 Å². The highest BCUT2D eigenvalue weighted by Gasteiger charge is 2.22. The van der Waals surface area contributed by atoms with E-state index in [4.69, 9.17) is 0 Å². The number of hydrogen-bond donors (Lipinski definition) is 2. The fraction of sp³-hybridized carbons (Fsp3) is 0.235. The molecule has 4 heterocycles. The standard InChI is InChI=1S/C34H34N8O/c1-40-30-14-8-6-12-28(30)36-34(40)37-31-15-16-32(39-38-31)42-23-25(27-11-5-7-13-29(27)42)21-33(43)35-26-17-19-41(20-18-26)22-24-9-3-2-4-10-24/h2-16,23,26H,17-22H2,1H3,(H,35,43)(H,36,37,38). The highest BCUT2D eigenvalue weighted by molar-refractivity contribution is 5.90. The van der Waals surface area contributed by atoms with Gasteiger partial charge in [-0.15, -0.1) is 10.2 Å². The van der Waals surface area contributed by atoms with E-state index < -0.39 is 0 Å². The van der Waals surface area contributed by atoms with Gasteiger partial charge < -0.3 is 15.2 Å². The van der Waals surface area contributed by atoms with Gasteiger partial charge in [0.15, 0.2) is 11.6 Å². The first-order valence-corrected chi connectivity index (χ1v) is 14.8. The molecule has 0 spiro atoms. The third-order valence-corrected chi connectivity index (χ3v) is 8.27. The molecule has 1 aliphatic rings. The van der Waals surface area contributed by atoms with E-state index >= 15 is 0 Å². The first-order chi connectivity index (χ1) is 21.1. The fourth-order valence-electron chi connectivity index (χ4n) is 6.00. The third kappa shape index (κ3) is 5.72. The Balaban J connectivity index is 1.02. The second kappa shape index (κ2) is 11.7. The summed E-state index contributed by atoms with van der Waals surface area (Å²) >= 11 is 0. The summed E-state index contributed by atoms with van der Waals surface area (Å²) in [4.78, 5) is 20.3. The molecule has 1 aliphatic heterocycles. The predicted octanol–water partition coefficient (Wildman–Crippen LogP) is 5.37. The quantitative estimate of drug-likeness (QED) is 0.256. The maximum Gasteiger partial charge on any atom is 0.224 e. The number of fused-ring (bicyclic) bond motifs is 2. The van der Waals surface area contributed by atoms with E-state index in [9.17, 15) is 4.79 Å². The Morgan fingerprint density at radius 3 is 2.37 bits per heavy atom. The van der Waals surface area contributed by atoms with Crippen molar-refractivity contribution in [2.24, 2.45) is 7.05 Å². The zero-order valence-electron chi connectivity index (χ0n) is 24.1. The minimum absolute atomic E-state index is 0.0532. The number of amides is 1. The van der Waals surface area contributed by atoms with E-state index in [0.29, 0.717) is 24.0 Å². The smallest absolute Gasteiger partial charge is 0.224 e. The first-order valence-electron chi connectivity index (χ1n) is 14.8. The van der Waals surface area contributed by atoms with E-state index in [-0.39, 0.29) is 11.9 Å². The molecule has 1 fully saturated rings. The van der Waals surface area contributed by atoms with Crippen LogP contribution in [0.15, 0.2) is 97.2 Å². The molecular weight excluding hydrogens is 536 g/mol. The lowest BCUT2D eigenvalue weighted by molar-refractivity contribution is -0.121. The summed E-state index contributed by atoms with van der Waals surface area (Å²) in [7, 11) is 1.97. The molecule has 9 heteroatoms. The fourth-order valence-corrected chi connectivity index (χ4v) is 6.00. The Labute approximate surface area is 250 Å². The van der Waals surface area contributed by atoms with E-state index in [1.54, 1.807) is 0 Å². The van der Waals surface area contributed by atoms with Gasteiger partial charge in [0.25, 0.3) is 0 Å². The molecule has 0 bridgehead atoms. The molecule has 3 aromatic carbocycles. The predicted molar refractivity (Wildman–Crippen MR) is 169 cm³/mol. The molecule has 2 N–H and O–H groups in total. The summed E-state index contributed by atoms with van der Waals surface area (Å²) in [5, 5.41) is 16.5. The van der Waals surface area contributed by atoms with Gasteiger partial charge in [0, 0.05) is 44.3 Å². The van der Waals surface area contributed by atoms with Crippen LogP contribution in [-0.4, -0.2) is 54.3 Å². The molecule has 0 aliphatic carbocycles. The number of aromatic nitrogens is 5. The molecule has 1 amide bonds. The summed E-state index contributed by atoms with van der Waals surface area (Å²) in [5.74, 6) is 2.04. The van der Waals surface area contributed by atoms with Crippen LogP contribution in [0.25, 0.3) is 27.8 Å². The number of rotatable bonds is 8. The minimum atomic E-state index is 0.0532.